The number of hydrogen-bond acceptors (Lipinski definition) is 2. The molecule has 3 nitrogen and oxygen atoms in total. The van der Waals surface area contributed by atoms with Gasteiger partial charge in [-0.2, -0.15) is 0 Å². The Hall–Kier alpha value is -1.32. The lowest BCUT2D eigenvalue weighted by molar-refractivity contribution is 0.0603. The molecule has 1 aromatic carbocycles. The van der Waals surface area contributed by atoms with Crippen LogP contribution in [0.4, 0.5) is 0 Å². The summed E-state index contributed by atoms with van der Waals surface area (Å²) in [4.78, 5) is 3.21. The van der Waals surface area contributed by atoms with Gasteiger partial charge in [-0.3, -0.25) is 0 Å². The second-order valence-corrected chi connectivity index (χ2v) is 5.35. The summed E-state index contributed by atoms with van der Waals surface area (Å²) in [6, 6.07) is 8.66. The smallest absolute Gasteiger partial charge is 0.0594 e. The van der Waals surface area contributed by atoms with Crippen molar-refractivity contribution in [1.29, 1.82) is 0 Å². The number of hydrogen-bond donors (Lipinski definition) is 2. The van der Waals surface area contributed by atoms with Crippen molar-refractivity contribution < 1.29 is 4.74 Å². The van der Waals surface area contributed by atoms with E-state index in [9.17, 15) is 0 Å². The summed E-state index contributed by atoms with van der Waals surface area (Å²) < 4.78 is 5.83. The summed E-state index contributed by atoms with van der Waals surface area (Å²) in [7, 11) is 0. The van der Waals surface area contributed by atoms with Crippen LogP contribution in [0.1, 0.15) is 31.2 Å². The number of H-pyrrole nitrogens is 1. The summed E-state index contributed by atoms with van der Waals surface area (Å²) in [6.07, 6.45) is 7.70. The van der Waals surface area contributed by atoms with Gasteiger partial charge in [-0.05, 0) is 42.0 Å². The summed E-state index contributed by atoms with van der Waals surface area (Å²) in [5, 5.41) is 4.73. The molecule has 0 atom stereocenters. The molecule has 1 aliphatic rings. The van der Waals surface area contributed by atoms with E-state index in [0.29, 0.717) is 6.10 Å². The number of aromatic amines is 1. The third-order valence-corrected chi connectivity index (χ3v) is 3.88. The van der Waals surface area contributed by atoms with Gasteiger partial charge in [0.2, 0.25) is 0 Å². The number of benzene rings is 1. The first kappa shape index (κ1) is 12.7. The number of ether oxygens (including phenoxy) is 1. The quantitative estimate of drug-likeness (QED) is 0.781. The Balaban J connectivity index is 1.39. The van der Waals surface area contributed by atoms with E-state index >= 15 is 0 Å². The van der Waals surface area contributed by atoms with Crippen LogP contribution in [0.5, 0.6) is 0 Å². The van der Waals surface area contributed by atoms with Crippen molar-refractivity contribution in [3.63, 3.8) is 0 Å². The van der Waals surface area contributed by atoms with Gasteiger partial charge >= 0.3 is 0 Å². The van der Waals surface area contributed by atoms with E-state index in [-0.39, 0.29) is 0 Å². The fourth-order valence-corrected chi connectivity index (χ4v) is 2.80. The molecule has 1 aromatic heterocycles. The molecule has 1 aliphatic carbocycles. The van der Waals surface area contributed by atoms with Gasteiger partial charge in [0.25, 0.3) is 0 Å². The zero-order valence-electron chi connectivity index (χ0n) is 11.3. The van der Waals surface area contributed by atoms with Crippen LogP contribution in [-0.4, -0.2) is 24.2 Å². The second kappa shape index (κ2) is 6.22. The average molecular weight is 258 g/mol. The number of rotatable bonds is 6. The molecular formula is C16H22N2O. The second-order valence-electron chi connectivity index (χ2n) is 5.35. The Bertz CT molecular complexity index is 514. The fraction of sp³-hybridized carbons (Fsp3) is 0.500. The molecule has 19 heavy (non-hydrogen) atoms. The highest BCUT2D eigenvalue weighted by Crippen LogP contribution is 2.20. The van der Waals surface area contributed by atoms with Crippen molar-refractivity contribution in [2.24, 2.45) is 0 Å². The van der Waals surface area contributed by atoms with E-state index in [2.05, 4.69) is 34.6 Å². The standard InChI is InChI=1S/C16H22N2O/c1-2-4-15(3-1)19-10-9-17-12-13-5-6-16-14(11-13)7-8-18-16/h5-8,11,15,17-18H,1-4,9-10,12H2. The van der Waals surface area contributed by atoms with Crippen LogP contribution in [0.25, 0.3) is 10.9 Å². The zero-order valence-corrected chi connectivity index (χ0v) is 11.3. The van der Waals surface area contributed by atoms with Gasteiger partial charge in [-0.1, -0.05) is 18.9 Å². The van der Waals surface area contributed by atoms with Crippen molar-refractivity contribution in [2.45, 2.75) is 38.3 Å². The van der Waals surface area contributed by atoms with Gasteiger partial charge in [-0.15, -0.1) is 0 Å². The third kappa shape index (κ3) is 3.37. The van der Waals surface area contributed by atoms with Crippen molar-refractivity contribution >= 4 is 10.9 Å². The molecule has 102 valence electrons. The van der Waals surface area contributed by atoms with Gasteiger partial charge in [0.05, 0.1) is 12.7 Å². The molecule has 0 amide bonds. The van der Waals surface area contributed by atoms with Gasteiger partial charge < -0.3 is 15.0 Å². The van der Waals surface area contributed by atoms with Crippen molar-refractivity contribution in [3.05, 3.63) is 36.0 Å². The molecular weight excluding hydrogens is 236 g/mol. The Labute approximate surface area is 114 Å². The first-order chi connectivity index (χ1) is 9.42. The minimum absolute atomic E-state index is 0.526. The third-order valence-electron chi connectivity index (χ3n) is 3.88. The van der Waals surface area contributed by atoms with Crippen LogP contribution < -0.4 is 5.32 Å². The van der Waals surface area contributed by atoms with E-state index in [1.165, 1.54) is 42.1 Å². The highest BCUT2D eigenvalue weighted by atomic mass is 16.5. The van der Waals surface area contributed by atoms with Crippen LogP contribution in [0.15, 0.2) is 30.5 Å². The van der Waals surface area contributed by atoms with Crippen LogP contribution in [-0.2, 0) is 11.3 Å². The van der Waals surface area contributed by atoms with Gasteiger partial charge in [0, 0.05) is 24.8 Å². The zero-order chi connectivity index (χ0) is 12.9. The molecule has 0 unspecified atom stereocenters. The highest BCUT2D eigenvalue weighted by molar-refractivity contribution is 5.79. The van der Waals surface area contributed by atoms with E-state index in [0.717, 1.165) is 19.7 Å². The number of nitrogens with one attached hydrogen (secondary N) is 2. The van der Waals surface area contributed by atoms with E-state index < -0.39 is 0 Å². The van der Waals surface area contributed by atoms with Crippen LogP contribution in [0.3, 0.4) is 0 Å². The lowest BCUT2D eigenvalue weighted by Gasteiger charge is -2.11. The summed E-state index contributed by atoms with van der Waals surface area (Å²) in [5.41, 5.74) is 2.53. The molecule has 2 N–H and O–H groups in total. The minimum Gasteiger partial charge on any atom is -0.377 e. The first-order valence-corrected chi connectivity index (χ1v) is 7.30. The van der Waals surface area contributed by atoms with E-state index in [1.54, 1.807) is 0 Å². The molecule has 1 fully saturated rings. The van der Waals surface area contributed by atoms with Gasteiger partial charge in [-0.25, -0.2) is 0 Å². The monoisotopic (exact) mass is 258 g/mol. The van der Waals surface area contributed by atoms with E-state index in [1.807, 2.05) is 6.20 Å². The lowest BCUT2D eigenvalue weighted by Crippen LogP contribution is -2.21. The molecule has 0 spiro atoms. The lowest BCUT2D eigenvalue weighted by atomic mass is 10.1. The average Bonchev–Trinajstić information content (AvgIpc) is 3.08. The maximum atomic E-state index is 5.83. The number of fused-ring (bicyclic) bond motifs is 1. The molecule has 0 bridgehead atoms. The largest absolute Gasteiger partial charge is 0.377 e. The van der Waals surface area contributed by atoms with Gasteiger partial charge in [0.15, 0.2) is 0 Å². The normalized spacial score (nSPS) is 16.4. The minimum atomic E-state index is 0.526. The topological polar surface area (TPSA) is 37.0 Å². The Morgan fingerprint density at radius 3 is 3.00 bits per heavy atom. The molecule has 1 saturated carbocycles. The molecule has 2 aromatic rings. The van der Waals surface area contributed by atoms with Crippen molar-refractivity contribution in [1.82, 2.24) is 10.3 Å². The van der Waals surface area contributed by atoms with E-state index in [4.69, 9.17) is 4.74 Å². The maximum absolute atomic E-state index is 5.83. The Morgan fingerprint density at radius 2 is 2.11 bits per heavy atom. The van der Waals surface area contributed by atoms with Crippen LogP contribution >= 0.6 is 0 Å². The molecule has 0 saturated heterocycles. The first-order valence-electron chi connectivity index (χ1n) is 7.30. The Kier molecular flexibility index (Phi) is 4.16. The summed E-state index contributed by atoms with van der Waals surface area (Å²) in [5.74, 6) is 0. The SMILES string of the molecule is c1cc2cc(CNCCOC3CCCC3)ccc2[nH]1. The summed E-state index contributed by atoms with van der Waals surface area (Å²) in [6.45, 7) is 2.67. The fourth-order valence-electron chi connectivity index (χ4n) is 2.80. The predicted octanol–water partition coefficient (Wildman–Crippen LogP) is 3.22. The molecule has 3 heteroatoms. The Morgan fingerprint density at radius 1 is 1.21 bits per heavy atom. The molecule has 3 rings (SSSR count). The number of aromatic nitrogens is 1. The molecule has 1 heterocycles. The molecule has 0 aliphatic heterocycles. The molecule has 0 radical (unpaired) electrons. The maximum Gasteiger partial charge on any atom is 0.0594 e. The highest BCUT2D eigenvalue weighted by Gasteiger charge is 2.14. The van der Waals surface area contributed by atoms with Crippen LogP contribution in [0.2, 0.25) is 0 Å². The van der Waals surface area contributed by atoms with Crippen molar-refractivity contribution in [3.8, 4) is 0 Å². The summed E-state index contributed by atoms with van der Waals surface area (Å²) >= 11 is 0. The van der Waals surface area contributed by atoms with Crippen molar-refractivity contribution in [2.75, 3.05) is 13.2 Å². The predicted molar refractivity (Wildman–Crippen MR) is 78.2 cm³/mol. The van der Waals surface area contributed by atoms with Gasteiger partial charge in [0.1, 0.15) is 0 Å². The van der Waals surface area contributed by atoms with Crippen LogP contribution in [0, 0.1) is 0 Å².